The minimum Gasteiger partial charge on any atom is -0.288 e. The lowest BCUT2D eigenvalue weighted by atomic mass is 9.90. The topological polar surface area (TPSA) is 100 Å². The first-order chi connectivity index (χ1) is 15.3. The Morgan fingerprint density at radius 1 is 1.09 bits per heavy atom. The van der Waals surface area contributed by atoms with Gasteiger partial charge in [0.15, 0.2) is 5.66 Å². The number of aryl methyl sites for hydroxylation is 1. The third-order valence-corrected chi connectivity index (χ3v) is 5.95. The minimum absolute atomic E-state index is 0.119. The van der Waals surface area contributed by atoms with E-state index in [1.165, 1.54) is 22.2 Å². The van der Waals surface area contributed by atoms with Crippen LogP contribution in [0.2, 0.25) is 0 Å². The lowest BCUT2D eigenvalue weighted by Gasteiger charge is -2.51. The molecule has 32 heavy (non-hydrogen) atoms. The maximum atomic E-state index is 13.8. The quantitative estimate of drug-likeness (QED) is 0.597. The molecule has 1 aliphatic rings. The number of nitrogens with one attached hydrogen (secondary N) is 3. The first-order valence-electron chi connectivity index (χ1n) is 10.3. The molecule has 2 atom stereocenters. The highest BCUT2D eigenvalue weighted by molar-refractivity contribution is 5.99. The first-order valence-corrected chi connectivity index (χ1v) is 10.3. The smallest absolute Gasteiger partial charge is 0.280 e. The predicted octanol–water partition coefficient (Wildman–Crippen LogP) is 1.01. The molecule has 0 aliphatic carbocycles. The van der Waals surface area contributed by atoms with Crippen molar-refractivity contribution in [3.8, 4) is 6.07 Å². The van der Waals surface area contributed by atoms with Crippen LogP contribution in [0.5, 0.6) is 0 Å². The summed E-state index contributed by atoms with van der Waals surface area (Å²) in [7, 11) is 4.75. The molecule has 2 unspecified atom stereocenters. The van der Waals surface area contributed by atoms with E-state index >= 15 is 0 Å². The zero-order valence-corrected chi connectivity index (χ0v) is 18.6. The van der Waals surface area contributed by atoms with E-state index in [9.17, 15) is 19.2 Å². The highest BCUT2D eigenvalue weighted by atomic mass is 19.1. The van der Waals surface area contributed by atoms with E-state index in [4.69, 9.17) is 0 Å². The van der Waals surface area contributed by atoms with E-state index in [-0.39, 0.29) is 30.5 Å². The number of benzene rings is 2. The molecule has 0 aromatic heterocycles. The van der Waals surface area contributed by atoms with Crippen LogP contribution in [0.4, 0.5) is 4.39 Å². The molecule has 8 nitrogen and oxygen atoms in total. The minimum atomic E-state index is -1.44. The maximum Gasteiger partial charge on any atom is 0.280 e. The molecule has 168 valence electrons. The summed E-state index contributed by atoms with van der Waals surface area (Å²) in [5.41, 5.74) is 7.03. The van der Waals surface area contributed by atoms with Gasteiger partial charge in [0.05, 0.1) is 11.6 Å². The normalized spacial score (nSPS) is 21.1. The van der Waals surface area contributed by atoms with Gasteiger partial charge in [0, 0.05) is 26.9 Å². The van der Waals surface area contributed by atoms with Crippen molar-refractivity contribution in [3.05, 3.63) is 70.5 Å². The SMILES string of the molecule is CNN1C(=O)C(Cc2ccc(F)cc2)(NC)N(NC)C(=O)C1Cc1c(C)cccc1C#N. The van der Waals surface area contributed by atoms with Crippen LogP contribution in [0.3, 0.4) is 0 Å². The van der Waals surface area contributed by atoms with Crippen LogP contribution in [0, 0.1) is 24.1 Å². The number of carbonyl (C=O) groups excluding carboxylic acids is 2. The van der Waals surface area contributed by atoms with Crippen LogP contribution in [-0.2, 0) is 22.4 Å². The van der Waals surface area contributed by atoms with Gasteiger partial charge in [-0.05, 0) is 48.9 Å². The second-order valence-electron chi connectivity index (χ2n) is 7.64. The van der Waals surface area contributed by atoms with Gasteiger partial charge in [-0.15, -0.1) is 0 Å². The van der Waals surface area contributed by atoms with Gasteiger partial charge < -0.3 is 0 Å². The Balaban J connectivity index is 2.04. The molecule has 0 saturated carbocycles. The van der Waals surface area contributed by atoms with Gasteiger partial charge >= 0.3 is 0 Å². The summed E-state index contributed by atoms with van der Waals surface area (Å²) in [6.07, 6.45) is 0.295. The van der Waals surface area contributed by atoms with Crippen molar-refractivity contribution in [1.29, 1.82) is 5.26 Å². The second kappa shape index (κ2) is 9.44. The third-order valence-electron chi connectivity index (χ3n) is 5.95. The molecule has 1 aliphatic heterocycles. The van der Waals surface area contributed by atoms with E-state index in [1.807, 2.05) is 13.0 Å². The van der Waals surface area contributed by atoms with Gasteiger partial charge in [-0.1, -0.05) is 24.3 Å². The predicted molar refractivity (Wildman–Crippen MR) is 117 cm³/mol. The highest BCUT2D eigenvalue weighted by Gasteiger charge is 2.56. The van der Waals surface area contributed by atoms with Crippen LogP contribution in [0.1, 0.15) is 22.3 Å². The van der Waals surface area contributed by atoms with Gasteiger partial charge in [-0.3, -0.25) is 19.9 Å². The van der Waals surface area contributed by atoms with Crippen molar-refractivity contribution in [2.24, 2.45) is 0 Å². The third kappa shape index (κ3) is 3.96. The van der Waals surface area contributed by atoms with E-state index in [1.54, 1.807) is 45.4 Å². The number of amides is 2. The number of nitrogens with zero attached hydrogens (tertiary/aromatic N) is 3. The van der Waals surface area contributed by atoms with E-state index in [0.29, 0.717) is 16.7 Å². The van der Waals surface area contributed by atoms with Crippen molar-refractivity contribution < 1.29 is 14.0 Å². The zero-order valence-electron chi connectivity index (χ0n) is 18.6. The number of carbonyl (C=O) groups is 2. The number of halogens is 1. The average molecular weight is 439 g/mol. The van der Waals surface area contributed by atoms with Crippen molar-refractivity contribution >= 4 is 11.8 Å². The maximum absolute atomic E-state index is 13.8. The fraction of sp³-hybridized carbons (Fsp3) is 0.348. The largest absolute Gasteiger partial charge is 0.288 e. The summed E-state index contributed by atoms with van der Waals surface area (Å²) >= 11 is 0. The summed E-state index contributed by atoms with van der Waals surface area (Å²) in [5, 5.41) is 15.1. The molecule has 2 aromatic carbocycles. The molecule has 2 amide bonds. The van der Waals surface area contributed by atoms with Gasteiger partial charge in [-0.2, -0.15) is 5.26 Å². The van der Waals surface area contributed by atoms with Crippen LogP contribution >= 0.6 is 0 Å². The van der Waals surface area contributed by atoms with Gasteiger partial charge in [-0.25, -0.2) is 20.3 Å². The summed E-state index contributed by atoms with van der Waals surface area (Å²) in [6, 6.07) is 12.5. The molecule has 2 aromatic rings. The standard InChI is InChI=1S/C23H27FN6O2/c1-15-6-5-7-17(14-25)19(15)12-20-21(31)30(28-4)23(26-2,22(32)29(20)27-3)13-16-8-10-18(24)11-9-16/h5-11,20,26-28H,12-13H2,1-4H3. The monoisotopic (exact) mass is 438 g/mol. The van der Waals surface area contributed by atoms with Crippen molar-refractivity contribution in [2.75, 3.05) is 21.1 Å². The molecular formula is C23H27FN6O2. The lowest BCUT2D eigenvalue weighted by molar-refractivity contribution is -0.181. The van der Waals surface area contributed by atoms with Crippen LogP contribution in [0.15, 0.2) is 42.5 Å². The van der Waals surface area contributed by atoms with Crippen molar-refractivity contribution in [2.45, 2.75) is 31.5 Å². The summed E-state index contributed by atoms with van der Waals surface area (Å²) in [6.45, 7) is 1.87. The highest BCUT2D eigenvalue weighted by Crippen LogP contribution is 2.29. The van der Waals surface area contributed by atoms with Crippen LogP contribution in [-0.4, -0.2) is 54.7 Å². The Labute approximate surface area is 186 Å². The number of hydrogen-bond acceptors (Lipinski definition) is 6. The Kier molecular flexibility index (Phi) is 6.89. The lowest BCUT2D eigenvalue weighted by Crippen LogP contribution is -2.80. The molecule has 0 radical (unpaired) electrons. The molecule has 0 bridgehead atoms. The molecule has 3 rings (SSSR count). The fourth-order valence-corrected chi connectivity index (χ4v) is 4.25. The first kappa shape index (κ1) is 23.3. The Morgan fingerprint density at radius 3 is 2.34 bits per heavy atom. The summed E-state index contributed by atoms with van der Waals surface area (Å²) in [5.74, 6) is -1.10. The Bertz CT molecular complexity index is 1050. The Morgan fingerprint density at radius 2 is 1.78 bits per heavy atom. The fourth-order valence-electron chi connectivity index (χ4n) is 4.25. The number of nitriles is 1. The Hall–Kier alpha value is -3.32. The number of hydrazine groups is 2. The molecule has 1 fully saturated rings. The molecule has 0 spiro atoms. The molecule has 9 heteroatoms. The number of likely N-dealkylation sites (N-methyl/N-ethyl adjacent to an activating group) is 1. The summed E-state index contributed by atoms with van der Waals surface area (Å²) in [4.78, 5) is 27.4. The average Bonchev–Trinajstić information content (AvgIpc) is 2.79. The summed E-state index contributed by atoms with van der Waals surface area (Å²) < 4.78 is 13.4. The van der Waals surface area contributed by atoms with Gasteiger partial charge in [0.2, 0.25) is 0 Å². The zero-order chi connectivity index (χ0) is 23.5. The van der Waals surface area contributed by atoms with Crippen molar-refractivity contribution in [3.63, 3.8) is 0 Å². The van der Waals surface area contributed by atoms with Crippen LogP contribution < -0.4 is 16.2 Å². The van der Waals surface area contributed by atoms with Crippen LogP contribution in [0.25, 0.3) is 0 Å². The molecule has 1 heterocycles. The van der Waals surface area contributed by atoms with E-state index in [2.05, 4.69) is 22.2 Å². The molecule has 1 saturated heterocycles. The van der Waals surface area contributed by atoms with Gasteiger partial charge in [0.25, 0.3) is 11.8 Å². The molecule has 3 N–H and O–H groups in total. The van der Waals surface area contributed by atoms with Gasteiger partial charge in [0.1, 0.15) is 11.9 Å². The van der Waals surface area contributed by atoms with E-state index < -0.39 is 11.7 Å². The van der Waals surface area contributed by atoms with E-state index in [0.717, 1.165) is 5.56 Å². The number of hydrogen-bond donors (Lipinski definition) is 3. The van der Waals surface area contributed by atoms with Crippen molar-refractivity contribution in [1.82, 2.24) is 26.2 Å². The number of rotatable bonds is 7. The number of piperazine rings is 1. The second-order valence-corrected chi connectivity index (χ2v) is 7.64. The molecular weight excluding hydrogens is 411 g/mol.